The van der Waals surface area contributed by atoms with Gasteiger partial charge < -0.3 is 10.2 Å². The zero-order chi connectivity index (χ0) is 21.5. The fraction of sp³-hybridized carbons (Fsp3) is 0.524. The van der Waals surface area contributed by atoms with Gasteiger partial charge >= 0.3 is 0 Å². The number of sulfonamides is 1. The minimum absolute atomic E-state index is 0.122. The first-order valence-corrected chi connectivity index (χ1v) is 12.2. The third kappa shape index (κ3) is 4.37. The summed E-state index contributed by atoms with van der Waals surface area (Å²) in [4.78, 5) is 14.9. The number of carbonyl (C=O) groups is 1. The van der Waals surface area contributed by atoms with Crippen LogP contribution in [0.4, 0.5) is 5.69 Å². The van der Waals surface area contributed by atoms with Crippen LogP contribution in [0.2, 0.25) is 0 Å². The van der Waals surface area contributed by atoms with E-state index in [9.17, 15) is 13.2 Å². The zero-order valence-electron chi connectivity index (χ0n) is 17.8. The largest absolute Gasteiger partial charge is 0.369 e. The molecule has 2 aliphatic rings. The number of aryl methyl sites for hydroxylation is 1. The molecule has 1 N–H and O–H groups in total. The van der Waals surface area contributed by atoms with Gasteiger partial charge in [0, 0.05) is 51.4 Å². The molecule has 1 aliphatic carbocycles. The maximum absolute atomic E-state index is 12.7. The van der Waals surface area contributed by atoms with Crippen LogP contribution in [0.25, 0.3) is 0 Å². The number of benzene rings is 1. The van der Waals surface area contributed by atoms with Gasteiger partial charge in [-0.15, -0.1) is 0 Å². The molecule has 0 unspecified atom stereocenters. The number of piperazine rings is 1. The lowest BCUT2D eigenvalue weighted by atomic mass is 10.1. The van der Waals surface area contributed by atoms with Gasteiger partial charge in [0.25, 0.3) is 5.91 Å². The third-order valence-electron chi connectivity index (χ3n) is 6.03. The van der Waals surface area contributed by atoms with Crippen LogP contribution in [0.1, 0.15) is 46.1 Å². The number of nitrogens with one attached hydrogen (secondary N) is 1. The van der Waals surface area contributed by atoms with E-state index in [0.717, 1.165) is 35.3 Å². The van der Waals surface area contributed by atoms with Crippen LogP contribution < -0.4 is 10.2 Å². The summed E-state index contributed by atoms with van der Waals surface area (Å²) in [5, 5.41) is 7.49. The standard InChI is InChI=1S/C21H29N5O3S/c1-15-17(14-22-21(27)20-13-18(16-7-8-16)23-24(20)2)5-4-6-19(15)25-9-11-26(12-10-25)30(3,28)29/h4-6,13,16H,7-12,14H2,1-3H3,(H,22,27). The highest BCUT2D eigenvalue weighted by atomic mass is 32.2. The molecule has 1 saturated carbocycles. The SMILES string of the molecule is Cc1c(CNC(=O)c2cc(C3CC3)nn2C)cccc1N1CCN(S(C)(=O)=O)CC1. The van der Waals surface area contributed by atoms with Gasteiger partial charge in [-0.1, -0.05) is 12.1 Å². The van der Waals surface area contributed by atoms with Crippen molar-refractivity contribution in [2.24, 2.45) is 7.05 Å². The molecule has 9 heteroatoms. The first kappa shape index (κ1) is 20.9. The Balaban J connectivity index is 1.41. The summed E-state index contributed by atoms with van der Waals surface area (Å²) in [6.45, 7) is 4.78. The molecule has 1 aromatic carbocycles. The lowest BCUT2D eigenvalue weighted by Crippen LogP contribution is -2.48. The first-order chi connectivity index (χ1) is 14.2. The highest BCUT2D eigenvalue weighted by molar-refractivity contribution is 7.88. The molecule has 4 rings (SSSR count). The quantitative estimate of drug-likeness (QED) is 0.751. The number of carbonyl (C=O) groups excluding carboxylic acids is 1. The topological polar surface area (TPSA) is 87.5 Å². The molecule has 2 heterocycles. The van der Waals surface area contributed by atoms with Gasteiger partial charge in [0.15, 0.2) is 0 Å². The van der Waals surface area contributed by atoms with E-state index in [0.29, 0.717) is 44.3 Å². The Morgan fingerprint density at radius 3 is 2.53 bits per heavy atom. The molecule has 0 bridgehead atoms. The van der Waals surface area contributed by atoms with E-state index >= 15 is 0 Å². The molecule has 1 aromatic heterocycles. The van der Waals surface area contributed by atoms with Gasteiger partial charge in [-0.3, -0.25) is 9.48 Å². The second-order valence-electron chi connectivity index (χ2n) is 8.25. The Bertz CT molecular complexity index is 1050. The minimum atomic E-state index is -3.15. The summed E-state index contributed by atoms with van der Waals surface area (Å²) in [6.07, 6.45) is 3.57. The van der Waals surface area contributed by atoms with Crippen LogP contribution in [-0.2, 0) is 23.6 Å². The maximum Gasteiger partial charge on any atom is 0.269 e. The molecule has 2 aromatic rings. The predicted molar refractivity (Wildman–Crippen MR) is 116 cm³/mol. The zero-order valence-corrected chi connectivity index (χ0v) is 18.6. The molecular weight excluding hydrogens is 402 g/mol. The van der Waals surface area contributed by atoms with Gasteiger partial charge in [0.1, 0.15) is 5.69 Å². The number of amides is 1. The van der Waals surface area contributed by atoms with Crippen molar-refractivity contribution in [2.45, 2.75) is 32.2 Å². The van der Waals surface area contributed by atoms with Crippen LogP contribution in [0, 0.1) is 6.92 Å². The second kappa shape index (κ2) is 8.03. The van der Waals surface area contributed by atoms with E-state index in [4.69, 9.17) is 0 Å². The Morgan fingerprint density at radius 1 is 1.20 bits per heavy atom. The highest BCUT2D eigenvalue weighted by Crippen LogP contribution is 2.39. The number of hydrogen-bond donors (Lipinski definition) is 1. The summed E-state index contributed by atoms with van der Waals surface area (Å²) in [5.74, 6) is 0.392. The Kier molecular flexibility index (Phi) is 5.59. The Labute approximate surface area is 177 Å². The van der Waals surface area contributed by atoms with Gasteiger partial charge in [0.05, 0.1) is 11.9 Å². The van der Waals surface area contributed by atoms with Gasteiger partial charge in [-0.25, -0.2) is 8.42 Å². The highest BCUT2D eigenvalue weighted by Gasteiger charge is 2.28. The summed E-state index contributed by atoms with van der Waals surface area (Å²) in [5.41, 5.74) is 4.84. The van der Waals surface area contributed by atoms with Crippen LogP contribution in [-0.4, -0.2) is 60.8 Å². The number of anilines is 1. The maximum atomic E-state index is 12.7. The third-order valence-corrected chi connectivity index (χ3v) is 7.34. The molecule has 1 aliphatic heterocycles. The lowest BCUT2D eigenvalue weighted by molar-refractivity contribution is 0.0941. The molecule has 0 spiro atoms. The van der Waals surface area contributed by atoms with Gasteiger partial charge in [0.2, 0.25) is 10.0 Å². The summed E-state index contributed by atoms with van der Waals surface area (Å²) in [6, 6.07) is 7.96. The molecule has 2 fully saturated rings. The predicted octanol–water partition coefficient (Wildman–Crippen LogP) is 1.62. The molecule has 162 valence electrons. The molecule has 30 heavy (non-hydrogen) atoms. The second-order valence-corrected chi connectivity index (χ2v) is 10.2. The fourth-order valence-electron chi connectivity index (χ4n) is 4.01. The lowest BCUT2D eigenvalue weighted by Gasteiger charge is -2.35. The summed E-state index contributed by atoms with van der Waals surface area (Å²) in [7, 11) is -1.34. The van der Waals surface area contributed by atoms with Crippen molar-refractivity contribution in [3.05, 3.63) is 46.8 Å². The molecular formula is C21H29N5O3S. The monoisotopic (exact) mass is 431 g/mol. The van der Waals surface area contributed by atoms with E-state index in [2.05, 4.69) is 28.3 Å². The van der Waals surface area contributed by atoms with Crippen LogP contribution in [0.15, 0.2) is 24.3 Å². The van der Waals surface area contributed by atoms with Crippen molar-refractivity contribution < 1.29 is 13.2 Å². The number of nitrogens with zero attached hydrogens (tertiary/aromatic N) is 4. The fourth-order valence-corrected chi connectivity index (χ4v) is 4.84. The van der Waals surface area contributed by atoms with E-state index in [1.807, 2.05) is 25.2 Å². The van der Waals surface area contributed by atoms with E-state index < -0.39 is 10.0 Å². The Morgan fingerprint density at radius 2 is 1.90 bits per heavy atom. The summed E-state index contributed by atoms with van der Waals surface area (Å²) < 4.78 is 26.7. The van der Waals surface area contributed by atoms with Gasteiger partial charge in [-0.2, -0.15) is 9.40 Å². The molecule has 1 saturated heterocycles. The van der Waals surface area contributed by atoms with E-state index in [1.54, 1.807) is 4.68 Å². The summed E-state index contributed by atoms with van der Waals surface area (Å²) >= 11 is 0. The van der Waals surface area contributed by atoms with Crippen molar-refractivity contribution >= 4 is 21.6 Å². The van der Waals surface area contributed by atoms with Crippen molar-refractivity contribution in [1.82, 2.24) is 19.4 Å². The number of aromatic nitrogens is 2. The van der Waals surface area contributed by atoms with Crippen LogP contribution in [0.5, 0.6) is 0 Å². The normalized spacial score (nSPS) is 17.9. The average molecular weight is 432 g/mol. The minimum Gasteiger partial charge on any atom is -0.369 e. The molecule has 1 amide bonds. The van der Waals surface area contributed by atoms with Crippen molar-refractivity contribution in [3.8, 4) is 0 Å². The molecule has 8 nitrogen and oxygen atoms in total. The number of hydrogen-bond acceptors (Lipinski definition) is 5. The average Bonchev–Trinajstić information content (AvgIpc) is 3.48. The first-order valence-electron chi connectivity index (χ1n) is 10.3. The van der Waals surface area contributed by atoms with Gasteiger partial charge in [-0.05, 0) is 43.0 Å². The number of rotatable bonds is 6. The van der Waals surface area contributed by atoms with Crippen LogP contribution >= 0.6 is 0 Å². The van der Waals surface area contributed by atoms with Crippen LogP contribution in [0.3, 0.4) is 0 Å². The van der Waals surface area contributed by atoms with E-state index in [-0.39, 0.29) is 5.91 Å². The Hall–Kier alpha value is -2.39. The van der Waals surface area contributed by atoms with E-state index in [1.165, 1.54) is 10.6 Å². The van der Waals surface area contributed by atoms with Crippen molar-refractivity contribution in [2.75, 3.05) is 37.3 Å². The molecule has 0 atom stereocenters. The smallest absolute Gasteiger partial charge is 0.269 e. The molecule has 0 radical (unpaired) electrons. The van der Waals surface area contributed by atoms with Crippen molar-refractivity contribution in [1.29, 1.82) is 0 Å². The van der Waals surface area contributed by atoms with Crippen molar-refractivity contribution in [3.63, 3.8) is 0 Å².